The number of imidazole rings is 1. The van der Waals surface area contributed by atoms with Crippen molar-refractivity contribution in [1.82, 2.24) is 9.38 Å². The van der Waals surface area contributed by atoms with Crippen LogP contribution in [0, 0.1) is 11.8 Å². The molecule has 2 aromatic heterocycles. The van der Waals surface area contributed by atoms with Crippen molar-refractivity contribution in [2.24, 2.45) is 17.6 Å². The Labute approximate surface area is 124 Å². The van der Waals surface area contributed by atoms with Gasteiger partial charge >= 0.3 is 0 Å². The van der Waals surface area contributed by atoms with E-state index in [0.29, 0.717) is 31.2 Å². The third-order valence-electron chi connectivity index (χ3n) is 3.80. The zero-order valence-electron chi connectivity index (χ0n) is 12.2. The summed E-state index contributed by atoms with van der Waals surface area (Å²) >= 11 is 1.59. The largest absolute Gasteiger partial charge is 0.330 e. The summed E-state index contributed by atoms with van der Waals surface area (Å²) in [6.45, 7) is 5.11. The summed E-state index contributed by atoms with van der Waals surface area (Å²) in [6.07, 6.45) is 6.94. The molecule has 20 heavy (non-hydrogen) atoms. The minimum atomic E-state index is 0.276. The maximum absolute atomic E-state index is 12.1. The number of rotatable bonds is 8. The molecule has 0 aromatic carbocycles. The second-order valence-corrected chi connectivity index (χ2v) is 6.53. The average molecular weight is 293 g/mol. The lowest BCUT2D eigenvalue weighted by Crippen LogP contribution is -2.16. The Morgan fingerprint density at radius 1 is 1.45 bits per heavy atom. The highest BCUT2D eigenvalue weighted by Crippen LogP contribution is 2.21. The van der Waals surface area contributed by atoms with E-state index >= 15 is 0 Å². The maximum atomic E-state index is 12.1. The van der Waals surface area contributed by atoms with E-state index < -0.39 is 0 Å². The predicted molar refractivity (Wildman–Crippen MR) is 83.0 cm³/mol. The minimum absolute atomic E-state index is 0.276. The fourth-order valence-electron chi connectivity index (χ4n) is 2.52. The van der Waals surface area contributed by atoms with E-state index in [4.69, 9.17) is 5.73 Å². The molecule has 1 atom stereocenters. The topological polar surface area (TPSA) is 60.4 Å². The average Bonchev–Trinajstić information content (AvgIpc) is 2.94. The van der Waals surface area contributed by atoms with Crippen LogP contribution in [-0.4, -0.2) is 21.7 Å². The number of carbonyl (C=O) groups excluding carboxylic acids is 1. The van der Waals surface area contributed by atoms with Gasteiger partial charge in [0, 0.05) is 24.2 Å². The molecular formula is C15H23N3OS. The Bertz CT molecular complexity index is 530. The van der Waals surface area contributed by atoms with Gasteiger partial charge in [-0.05, 0) is 31.2 Å². The second-order valence-electron chi connectivity index (χ2n) is 5.66. The highest BCUT2D eigenvalue weighted by atomic mass is 32.1. The molecule has 0 aliphatic rings. The van der Waals surface area contributed by atoms with Crippen LogP contribution in [0.5, 0.6) is 0 Å². The lowest BCUT2D eigenvalue weighted by Gasteiger charge is -2.19. The predicted octanol–water partition coefficient (Wildman–Crippen LogP) is 2.91. The van der Waals surface area contributed by atoms with Crippen LogP contribution < -0.4 is 5.73 Å². The summed E-state index contributed by atoms with van der Waals surface area (Å²) < 4.78 is 1.97. The highest BCUT2D eigenvalue weighted by Gasteiger charge is 2.15. The van der Waals surface area contributed by atoms with Gasteiger partial charge in [-0.25, -0.2) is 4.98 Å². The zero-order chi connectivity index (χ0) is 14.5. The van der Waals surface area contributed by atoms with Crippen LogP contribution in [0.4, 0.5) is 0 Å². The molecule has 2 N–H and O–H groups in total. The Balaban J connectivity index is 1.84. The standard InChI is InChI=1S/C15H23N3OS/c1-11(2)12(5-6-16)3-4-14(19)9-13-10-18-7-8-20-15(18)17-13/h7-8,10-12H,3-6,9,16H2,1-2H3. The van der Waals surface area contributed by atoms with Crippen molar-refractivity contribution in [1.29, 1.82) is 0 Å². The van der Waals surface area contributed by atoms with Crippen LogP contribution in [0.1, 0.15) is 38.8 Å². The molecule has 2 rings (SSSR count). The van der Waals surface area contributed by atoms with Gasteiger partial charge in [-0.1, -0.05) is 13.8 Å². The smallest absolute Gasteiger partial charge is 0.193 e. The fraction of sp³-hybridized carbons (Fsp3) is 0.600. The number of hydrogen-bond acceptors (Lipinski definition) is 4. The molecule has 0 aliphatic heterocycles. The first-order chi connectivity index (χ1) is 9.60. The van der Waals surface area contributed by atoms with Gasteiger partial charge in [-0.2, -0.15) is 0 Å². The highest BCUT2D eigenvalue weighted by molar-refractivity contribution is 7.15. The lowest BCUT2D eigenvalue weighted by atomic mass is 9.87. The lowest BCUT2D eigenvalue weighted by molar-refractivity contribution is -0.118. The Hall–Kier alpha value is -1.20. The van der Waals surface area contributed by atoms with Gasteiger partial charge in [-0.3, -0.25) is 9.20 Å². The van der Waals surface area contributed by atoms with Crippen LogP contribution in [0.15, 0.2) is 17.8 Å². The molecule has 5 heteroatoms. The Morgan fingerprint density at radius 2 is 2.25 bits per heavy atom. The number of aromatic nitrogens is 2. The van der Waals surface area contributed by atoms with Gasteiger partial charge in [0.2, 0.25) is 0 Å². The van der Waals surface area contributed by atoms with Gasteiger partial charge in [0.25, 0.3) is 0 Å². The number of nitrogens with zero attached hydrogens (tertiary/aromatic N) is 2. The normalized spacial score (nSPS) is 13.2. The first kappa shape index (κ1) is 15.2. The molecular weight excluding hydrogens is 270 g/mol. The van der Waals surface area contributed by atoms with E-state index in [1.807, 2.05) is 22.2 Å². The van der Waals surface area contributed by atoms with Gasteiger partial charge in [-0.15, -0.1) is 11.3 Å². The molecule has 0 bridgehead atoms. The van der Waals surface area contributed by atoms with Crippen molar-refractivity contribution in [2.75, 3.05) is 6.54 Å². The van der Waals surface area contributed by atoms with Crippen molar-refractivity contribution in [2.45, 2.75) is 39.5 Å². The summed E-state index contributed by atoms with van der Waals surface area (Å²) in [5.74, 6) is 1.41. The summed E-state index contributed by atoms with van der Waals surface area (Å²) in [6, 6.07) is 0. The van der Waals surface area contributed by atoms with Crippen LogP contribution in [-0.2, 0) is 11.2 Å². The first-order valence-corrected chi connectivity index (χ1v) is 8.11. The molecule has 4 nitrogen and oxygen atoms in total. The SMILES string of the molecule is CC(C)C(CCN)CCC(=O)Cc1cn2ccsc2n1. The maximum Gasteiger partial charge on any atom is 0.193 e. The van der Waals surface area contributed by atoms with Gasteiger partial charge < -0.3 is 5.73 Å². The number of carbonyl (C=O) groups is 1. The second kappa shape index (κ2) is 6.99. The van der Waals surface area contributed by atoms with E-state index in [-0.39, 0.29) is 5.78 Å². The van der Waals surface area contributed by atoms with Crippen LogP contribution >= 0.6 is 11.3 Å². The number of ketones is 1. The number of fused-ring (bicyclic) bond motifs is 1. The van der Waals surface area contributed by atoms with Crippen molar-refractivity contribution < 1.29 is 4.79 Å². The van der Waals surface area contributed by atoms with Crippen LogP contribution in [0.3, 0.4) is 0 Å². The fourth-order valence-corrected chi connectivity index (χ4v) is 3.24. The third kappa shape index (κ3) is 3.90. The van der Waals surface area contributed by atoms with E-state index in [1.165, 1.54) is 0 Å². The van der Waals surface area contributed by atoms with Crippen molar-refractivity contribution in [3.05, 3.63) is 23.5 Å². The monoisotopic (exact) mass is 293 g/mol. The quantitative estimate of drug-likeness (QED) is 0.814. The van der Waals surface area contributed by atoms with E-state index in [1.54, 1.807) is 11.3 Å². The Kier molecular flexibility index (Phi) is 5.31. The molecule has 0 saturated carbocycles. The van der Waals surface area contributed by atoms with E-state index in [2.05, 4.69) is 18.8 Å². The van der Waals surface area contributed by atoms with Gasteiger partial charge in [0.05, 0.1) is 12.1 Å². The molecule has 2 aromatic rings. The van der Waals surface area contributed by atoms with Gasteiger partial charge in [0.15, 0.2) is 4.96 Å². The molecule has 0 aliphatic carbocycles. The van der Waals surface area contributed by atoms with Crippen LogP contribution in [0.25, 0.3) is 4.96 Å². The Morgan fingerprint density at radius 3 is 2.90 bits per heavy atom. The molecule has 0 radical (unpaired) electrons. The van der Waals surface area contributed by atoms with Gasteiger partial charge in [0.1, 0.15) is 5.78 Å². The van der Waals surface area contributed by atoms with E-state index in [0.717, 1.165) is 23.5 Å². The van der Waals surface area contributed by atoms with Crippen molar-refractivity contribution in [3.63, 3.8) is 0 Å². The molecule has 0 spiro atoms. The number of nitrogens with two attached hydrogens (primary N) is 1. The third-order valence-corrected chi connectivity index (χ3v) is 4.57. The molecule has 0 saturated heterocycles. The number of thiazole rings is 1. The molecule has 1 unspecified atom stereocenters. The van der Waals surface area contributed by atoms with Crippen molar-refractivity contribution >= 4 is 22.1 Å². The molecule has 0 amide bonds. The molecule has 2 heterocycles. The van der Waals surface area contributed by atoms with Crippen molar-refractivity contribution in [3.8, 4) is 0 Å². The summed E-state index contributed by atoms with van der Waals surface area (Å²) in [4.78, 5) is 17.5. The first-order valence-electron chi connectivity index (χ1n) is 7.23. The summed E-state index contributed by atoms with van der Waals surface area (Å²) in [5.41, 5.74) is 6.51. The minimum Gasteiger partial charge on any atom is -0.330 e. The number of hydrogen-bond donors (Lipinski definition) is 1. The van der Waals surface area contributed by atoms with Crippen LogP contribution in [0.2, 0.25) is 0 Å². The van der Waals surface area contributed by atoms with E-state index in [9.17, 15) is 4.79 Å². The number of Topliss-reactive ketones (excluding diaryl/α,β-unsaturated/α-hetero) is 1. The zero-order valence-corrected chi connectivity index (χ0v) is 13.0. The molecule has 110 valence electrons. The summed E-state index contributed by atoms with van der Waals surface area (Å²) in [5, 5.41) is 1.99. The summed E-state index contributed by atoms with van der Waals surface area (Å²) in [7, 11) is 0. The molecule has 0 fully saturated rings.